The molecule has 3 heteroatoms. The van der Waals surface area contributed by atoms with E-state index in [4.69, 9.17) is 14.9 Å². The summed E-state index contributed by atoms with van der Waals surface area (Å²) in [6, 6.07) is 20.2. The average Bonchev–Trinajstić information content (AvgIpc) is 2.48. The molecule has 0 heterocycles. The van der Waals surface area contributed by atoms with Crippen molar-refractivity contribution in [3.05, 3.63) is 71.8 Å². The minimum absolute atomic E-state index is 0.0880. The van der Waals surface area contributed by atoms with Gasteiger partial charge in [-0.1, -0.05) is 60.7 Å². The van der Waals surface area contributed by atoms with E-state index in [0.29, 0.717) is 6.61 Å². The third-order valence-corrected chi connectivity index (χ3v) is 3.48. The Morgan fingerprint density at radius 3 is 1.75 bits per heavy atom. The van der Waals surface area contributed by atoms with Crippen molar-refractivity contribution in [2.75, 3.05) is 13.2 Å². The molecule has 0 atom stereocenters. The Hall–Kier alpha value is -1.68. The SMILES string of the molecule is CC(COCC(O)O)(c1ccccc1)c1ccccc1. The van der Waals surface area contributed by atoms with Gasteiger partial charge in [0, 0.05) is 5.41 Å². The molecule has 2 aromatic carbocycles. The van der Waals surface area contributed by atoms with Crippen LogP contribution in [0.3, 0.4) is 0 Å². The molecule has 20 heavy (non-hydrogen) atoms. The first-order valence-corrected chi connectivity index (χ1v) is 6.68. The summed E-state index contributed by atoms with van der Waals surface area (Å²) in [7, 11) is 0. The van der Waals surface area contributed by atoms with Crippen molar-refractivity contribution in [3.8, 4) is 0 Å². The number of aliphatic hydroxyl groups excluding tert-OH is 1. The molecule has 0 saturated carbocycles. The van der Waals surface area contributed by atoms with Crippen LogP contribution in [-0.2, 0) is 10.2 Å². The van der Waals surface area contributed by atoms with Gasteiger partial charge in [0.25, 0.3) is 0 Å². The van der Waals surface area contributed by atoms with Gasteiger partial charge in [-0.25, -0.2) is 0 Å². The van der Waals surface area contributed by atoms with Crippen molar-refractivity contribution in [1.82, 2.24) is 0 Å². The highest BCUT2D eigenvalue weighted by Crippen LogP contribution is 2.32. The van der Waals surface area contributed by atoms with Crippen LogP contribution in [0.4, 0.5) is 0 Å². The van der Waals surface area contributed by atoms with Crippen LogP contribution >= 0.6 is 0 Å². The van der Waals surface area contributed by atoms with E-state index in [-0.39, 0.29) is 12.0 Å². The fraction of sp³-hybridized carbons (Fsp3) is 0.294. The number of hydrogen-bond donors (Lipinski definition) is 2. The standard InChI is InChI=1S/C17H20O3/c1-17(13-20-12-16(18)19,14-8-4-2-5-9-14)15-10-6-3-7-11-15/h2-11,16,18-19H,12-13H2,1H3. The van der Waals surface area contributed by atoms with Crippen molar-refractivity contribution in [3.63, 3.8) is 0 Å². The molecular weight excluding hydrogens is 252 g/mol. The molecule has 0 spiro atoms. The lowest BCUT2D eigenvalue weighted by Gasteiger charge is -2.31. The van der Waals surface area contributed by atoms with E-state index >= 15 is 0 Å². The fourth-order valence-corrected chi connectivity index (χ4v) is 2.31. The van der Waals surface area contributed by atoms with Crippen LogP contribution in [0.15, 0.2) is 60.7 Å². The van der Waals surface area contributed by atoms with Gasteiger partial charge in [-0.05, 0) is 18.1 Å². The van der Waals surface area contributed by atoms with Crippen molar-refractivity contribution in [2.24, 2.45) is 0 Å². The van der Waals surface area contributed by atoms with Crippen LogP contribution in [0.5, 0.6) is 0 Å². The summed E-state index contributed by atoms with van der Waals surface area (Å²) in [5, 5.41) is 17.8. The second-order valence-electron chi connectivity index (χ2n) is 5.06. The first kappa shape index (κ1) is 14.7. The molecule has 106 valence electrons. The van der Waals surface area contributed by atoms with Gasteiger partial charge >= 0.3 is 0 Å². The molecule has 2 rings (SSSR count). The molecule has 0 radical (unpaired) electrons. The summed E-state index contributed by atoms with van der Waals surface area (Å²) in [6.07, 6.45) is -1.44. The van der Waals surface area contributed by atoms with Gasteiger partial charge in [0.15, 0.2) is 6.29 Å². The molecular formula is C17H20O3. The quantitative estimate of drug-likeness (QED) is 0.793. The summed E-state index contributed by atoms with van der Waals surface area (Å²) >= 11 is 0. The van der Waals surface area contributed by atoms with Crippen molar-refractivity contribution >= 4 is 0 Å². The molecule has 2 N–H and O–H groups in total. The van der Waals surface area contributed by atoms with Crippen LogP contribution in [0, 0.1) is 0 Å². The highest BCUT2D eigenvalue weighted by Gasteiger charge is 2.29. The fourth-order valence-electron chi connectivity index (χ4n) is 2.31. The molecule has 0 aliphatic heterocycles. The summed E-state index contributed by atoms with van der Waals surface area (Å²) in [5.41, 5.74) is 1.95. The highest BCUT2D eigenvalue weighted by atomic mass is 16.5. The second kappa shape index (κ2) is 6.66. The second-order valence-corrected chi connectivity index (χ2v) is 5.06. The van der Waals surface area contributed by atoms with E-state index in [1.54, 1.807) is 0 Å². The zero-order chi connectivity index (χ0) is 14.4. The zero-order valence-corrected chi connectivity index (χ0v) is 11.6. The smallest absolute Gasteiger partial charge is 0.175 e. The molecule has 3 nitrogen and oxygen atoms in total. The van der Waals surface area contributed by atoms with Gasteiger partial charge in [-0.3, -0.25) is 0 Å². The molecule has 0 amide bonds. The molecule has 0 fully saturated rings. The topological polar surface area (TPSA) is 49.7 Å². The molecule has 0 bridgehead atoms. The molecule has 0 aliphatic carbocycles. The lowest BCUT2D eigenvalue weighted by molar-refractivity contribution is -0.0988. The van der Waals surface area contributed by atoms with Crippen molar-refractivity contribution in [2.45, 2.75) is 18.6 Å². The van der Waals surface area contributed by atoms with E-state index in [9.17, 15) is 0 Å². The first-order valence-electron chi connectivity index (χ1n) is 6.68. The Kier molecular flexibility index (Phi) is 4.90. The van der Waals surface area contributed by atoms with Crippen LogP contribution in [-0.4, -0.2) is 29.7 Å². The normalized spacial score (nSPS) is 11.8. The third kappa shape index (κ3) is 3.45. The minimum Gasteiger partial charge on any atom is -0.375 e. The van der Waals surface area contributed by atoms with E-state index < -0.39 is 6.29 Å². The van der Waals surface area contributed by atoms with E-state index in [1.807, 2.05) is 36.4 Å². The van der Waals surface area contributed by atoms with E-state index in [2.05, 4.69) is 31.2 Å². The van der Waals surface area contributed by atoms with Crippen LogP contribution < -0.4 is 0 Å². The maximum atomic E-state index is 8.92. The molecule has 0 saturated heterocycles. The predicted octanol–water partition coefficient (Wildman–Crippen LogP) is 2.32. The maximum absolute atomic E-state index is 8.92. The lowest BCUT2D eigenvalue weighted by Crippen LogP contribution is -2.31. The summed E-state index contributed by atoms with van der Waals surface area (Å²) in [6.45, 7) is 2.40. The summed E-state index contributed by atoms with van der Waals surface area (Å²) in [5.74, 6) is 0. The molecule has 2 aromatic rings. The first-order chi connectivity index (χ1) is 9.63. The average molecular weight is 272 g/mol. The number of ether oxygens (including phenoxy) is 1. The number of hydrogen-bond acceptors (Lipinski definition) is 3. The van der Waals surface area contributed by atoms with Gasteiger partial charge < -0.3 is 14.9 Å². The van der Waals surface area contributed by atoms with Gasteiger partial charge in [0.1, 0.15) is 0 Å². The van der Waals surface area contributed by atoms with E-state index in [0.717, 1.165) is 11.1 Å². The van der Waals surface area contributed by atoms with Crippen LogP contribution in [0.25, 0.3) is 0 Å². The Bertz CT molecular complexity index is 469. The van der Waals surface area contributed by atoms with Crippen molar-refractivity contribution < 1.29 is 14.9 Å². The maximum Gasteiger partial charge on any atom is 0.175 e. The third-order valence-electron chi connectivity index (χ3n) is 3.48. The zero-order valence-electron chi connectivity index (χ0n) is 11.6. The number of aliphatic hydroxyl groups is 2. The molecule has 0 aliphatic rings. The van der Waals surface area contributed by atoms with E-state index in [1.165, 1.54) is 0 Å². The van der Waals surface area contributed by atoms with Crippen LogP contribution in [0.2, 0.25) is 0 Å². The summed E-state index contributed by atoms with van der Waals surface area (Å²) < 4.78 is 5.47. The Balaban J connectivity index is 2.29. The molecule has 0 unspecified atom stereocenters. The largest absolute Gasteiger partial charge is 0.375 e. The predicted molar refractivity (Wildman–Crippen MR) is 78.4 cm³/mol. The minimum atomic E-state index is -1.44. The summed E-state index contributed by atoms with van der Waals surface area (Å²) in [4.78, 5) is 0. The van der Waals surface area contributed by atoms with Crippen LogP contribution in [0.1, 0.15) is 18.1 Å². The van der Waals surface area contributed by atoms with Crippen molar-refractivity contribution in [1.29, 1.82) is 0 Å². The monoisotopic (exact) mass is 272 g/mol. The molecule has 0 aromatic heterocycles. The van der Waals surface area contributed by atoms with Gasteiger partial charge in [0.05, 0.1) is 13.2 Å². The van der Waals surface area contributed by atoms with Gasteiger partial charge in [-0.15, -0.1) is 0 Å². The Labute approximate surface area is 119 Å². The Morgan fingerprint density at radius 2 is 1.35 bits per heavy atom. The van der Waals surface area contributed by atoms with Gasteiger partial charge in [-0.2, -0.15) is 0 Å². The Morgan fingerprint density at radius 1 is 0.900 bits per heavy atom. The highest BCUT2D eigenvalue weighted by molar-refractivity contribution is 5.38. The number of benzene rings is 2. The van der Waals surface area contributed by atoms with Gasteiger partial charge in [0.2, 0.25) is 0 Å². The number of rotatable bonds is 6. The lowest BCUT2D eigenvalue weighted by atomic mass is 9.77.